The molecule has 4 aromatic carbocycles. The van der Waals surface area contributed by atoms with E-state index in [-0.39, 0.29) is 55.8 Å². The average Bonchev–Trinajstić information content (AvgIpc) is 3.22. The van der Waals surface area contributed by atoms with Gasteiger partial charge in [-0.2, -0.15) is 4.31 Å². The molecule has 0 aliphatic heterocycles. The number of rotatable bonds is 25. The van der Waals surface area contributed by atoms with Crippen LogP contribution in [0.15, 0.2) is 102 Å². The van der Waals surface area contributed by atoms with Gasteiger partial charge < -0.3 is 40.4 Å². The number of hydrogen-bond donors (Lipinski definition) is 4. The number of carbonyl (C=O) groups is 2. The molecule has 4 aromatic rings. The molecule has 14 heteroatoms. The second-order valence-corrected chi connectivity index (χ2v) is 16.7. The number of aryl methyl sites for hydroxylation is 2. The molecule has 0 heterocycles. The van der Waals surface area contributed by atoms with Crippen molar-refractivity contribution in [3.63, 3.8) is 0 Å². The van der Waals surface area contributed by atoms with Crippen LogP contribution in [0.4, 0.5) is 10.5 Å². The molecule has 0 bridgehead atoms. The van der Waals surface area contributed by atoms with Crippen molar-refractivity contribution in [1.82, 2.24) is 14.9 Å². The summed E-state index contributed by atoms with van der Waals surface area (Å²) in [4.78, 5) is 25.9. The van der Waals surface area contributed by atoms with Crippen molar-refractivity contribution >= 4 is 27.7 Å². The Bertz CT molecular complexity index is 2000. The maximum atomic E-state index is 13.6. The van der Waals surface area contributed by atoms with Crippen molar-refractivity contribution in [3.05, 3.63) is 114 Å². The number of ether oxygens (including phenoxy) is 4. The standard InChI is InChI=1S/C45H60N4O9S/c1-33(2)31-49(59(53,54)41-20-17-37(46)18-21-41)26-24-38(28-34-10-6-5-7-11-34)48-45(52)58-40(32-50)19-23-44(51)47-25-27-57-39-15-9-14-35(29-39)12-8-13-36-16-22-42(55-3)43(30-36)56-4/h5-7,9-11,14-18,20-22,29-30,33,38,40,50H,8,12-13,19,23-28,31-32,46H2,1-4H3,(H,47,51)(H,48,52)/t38-,40?/m1/s1. The summed E-state index contributed by atoms with van der Waals surface area (Å²) >= 11 is 0. The third kappa shape index (κ3) is 15.8. The van der Waals surface area contributed by atoms with E-state index in [1.54, 1.807) is 26.4 Å². The first kappa shape index (κ1) is 46.4. The normalized spacial score (nSPS) is 12.5. The maximum absolute atomic E-state index is 13.6. The van der Waals surface area contributed by atoms with E-state index in [2.05, 4.69) is 16.7 Å². The number of nitrogen functional groups attached to an aromatic ring is 1. The van der Waals surface area contributed by atoms with Crippen LogP contribution in [0.1, 0.15) is 56.2 Å². The van der Waals surface area contributed by atoms with Crippen molar-refractivity contribution in [2.75, 3.05) is 52.8 Å². The predicted molar refractivity (Wildman–Crippen MR) is 229 cm³/mol. The average molecular weight is 833 g/mol. The van der Waals surface area contributed by atoms with E-state index >= 15 is 0 Å². The summed E-state index contributed by atoms with van der Waals surface area (Å²) in [7, 11) is -0.591. The number of methoxy groups -OCH3 is 2. The molecule has 0 spiro atoms. The summed E-state index contributed by atoms with van der Waals surface area (Å²) in [5.74, 6) is 1.91. The van der Waals surface area contributed by atoms with Gasteiger partial charge in [0.05, 0.1) is 32.3 Å². The van der Waals surface area contributed by atoms with Gasteiger partial charge in [0.15, 0.2) is 11.5 Å². The van der Waals surface area contributed by atoms with Gasteiger partial charge >= 0.3 is 6.09 Å². The first-order chi connectivity index (χ1) is 28.4. The monoisotopic (exact) mass is 832 g/mol. The molecule has 0 saturated carbocycles. The topological polar surface area (TPSA) is 179 Å². The third-order valence-electron chi connectivity index (χ3n) is 9.60. The fourth-order valence-corrected chi connectivity index (χ4v) is 8.15. The minimum absolute atomic E-state index is 0.0225. The van der Waals surface area contributed by atoms with Crippen molar-refractivity contribution in [2.45, 2.75) is 75.8 Å². The molecule has 5 N–H and O–H groups in total. The number of benzene rings is 4. The van der Waals surface area contributed by atoms with Crippen LogP contribution >= 0.6 is 0 Å². The van der Waals surface area contributed by atoms with E-state index in [0.29, 0.717) is 35.8 Å². The zero-order valence-electron chi connectivity index (χ0n) is 34.6. The number of alkyl carbamates (subject to hydrolysis) is 1. The highest BCUT2D eigenvalue weighted by atomic mass is 32.2. The van der Waals surface area contributed by atoms with Gasteiger partial charge in [0.1, 0.15) is 18.5 Å². The Morgan fingerprint density at radius 3 is 2.20 bits per heavy atom. The summed E-state index contributed by atoms with van der Waals surface area (Å²) in [6.07, 6.45) is 1.86. The maximum Gasteiger partial charge on any atom is 0.407 e. The number of anilines is 1. The number of sulfonamides is 1. The molecular formula is C45H60N4O9S. The van der Waals surface area contributed by atoms with E-state index in [9.17, 15) is 23.1 Å². The van der Waals surface area contributed by atoms with Crippen LogP contribution in [0.5, 0.6) is 17.2 Å². The lowest BCUT2D eigenvalue weighted by atomic mass is 10.0. The van der Waals surface area contributed by atoms with Gasteiger partial charge in [0.2, 0.25) is 15.9 Å². The van der Waals surface area contributed by atoms with Crippen LogP contribution in [0.3, 0.4) is 0 Å². The molecule has 0 saturated heterocycles. The molecule has 4 rings (SSSR count). The molecule has 0 aromatic heterocycles. The van der Waals surface area contributed by atoms with E-state index in [0.717, 1.165) is 30.4 Å². The van der Waals surface area contributed by atoms with Gasteiger partial charge in [-0.25, -0.2) is 13.2 Å². The molecule has 2 amide bonds. The number of carbonyl (C=O) groups excluding carboxylic acids is 2. The number of nitrogens with one attached hydrogen (secondary N) is 2. The Labute approximate surface area is 349 Å². The number of nitrogens with zero attached hydrogens (tertiary/aromatic N) is 1. The Balaban J connectivity index is 1.22. The number of nitrogens with two attached hydrogens (primary N) is 1. The lowest BCUT2D eigenvalue weighted by molar-refractivity contribution is -0.121. The second-order valence-electron chi connectivity index (χ2n) is 14.8. The summed E-state index contributed by atoms with van der Waals surface area (Å²) < 4.78 is 50.9. The van der Waals surface area contributed by atoms with Crippen LogP contribution < -0.4 is 30.6 Å². The first-order valence-corrected chi connectivity index (χ1v) is 21.5. The fourth-order valence-electron chi connectivity index (χ4n) is 6.53. The summed E-state index contributed by atoms with van der Waals surface area (Å²) in [6, 6.07) is 29.0. The smallest absolute Gasteiger partial charge is 0.407 e. The van der Waals surface area contributed by atoms with Crippen molar-refractivity contribution in [2.24, 2.45) is 5.92 Å². The molecule has 13 nitrogen and oxygen atoms in total. The Kier molecular flexibility index (Phi) is 18.8. The quantitative estimate of drug-likeness (QED) is 0.0446. The van der Waals surface area contributed by atoms with Gasteiger partial charge in [0.25, 0.3) is 0 Å². The minimum atomic E-state index is -3.84. The van der Waals surface area contributed by atoms with Crippen molar-refractivity contribution < 1.29 is 42.1 Å². The SMILES string of the molecule is COc1ccc(CCCc2cccc(OCCNC(=O)CCC(CO)OC(=O)N[C@H](CCN(CC(C)C)S(=O)(=O)c3ccc(N)cc3)Cc3ccccc3)c2)cc1OC. The zero-order chi connectivity index (χ0) is 42.6. The second kappa shape index (κ2) is 23.9. The summed E-state index contributed by atoms with van der Waals surface area (Å²) in [6.45, 7) is 4.38. The number of hydrogen-bond acceptors (Lipinski definition) is 10. The molecule has 0 radical (unpaired) electrons. The molecule has 0 fully saturated rings. The highest BCUT2D eigenvalue weighted by Gasteiger charge is 2.27. The molecule has 0 aliphatic carbocycles. The van der Waals surface area contributed by atoms with Crippen LogP contribution in [-0.4, -0.2) is 89.0 Å². The van der Waals surface area contributed by atoms with Gasteiger partial charge in [-0.15, -0.1) is 0 Å². The molecule has 59 heavy (non-hydrogen) atoms. The van der Waals surface area contributed by atoms with Crippen LogP contribution in [-0.2, 0) is 38.8 Å². The Morgan fingerprint density at radius 2 is 1.53 bits per heavy atom. The third-order valence-corrected chi connectivity index (χ3v) is 11.5. The lowest BCUT2D eigenvalue weighted by Crippen LogP contribution is -2.43. The lowest BCUT2D eigenvalue weighted by Gasteiger charge is -2.27. The van der Waals surface area contributed by atoms with E-state index in [1.807, 2.05) is 80.6 Å². The number of aliphatic hydroxyl groups is 1. The van der Waals surface area contributed by atoms with Gasteiger partial charge in [0, 0.05) is 31.2 Å². The van der Waals surface area contributed by atoms with E-state index < -0.39 is 34.9 Å². The predicted octanol–water partition coefficient (Wildman–Crippen LogP) is 6.17. The molecule has 2 atom stereocenters. The molecule has 0 aliphatic rings. The van der Waals surface area contributed by atoms with E-state index in [1.165, 1.54) is 22.0 Å². The fraction of sp³-hybridized carbons (Fsp3) is 0.422. The minimum Gasteiger partial charge on any atom is -0.493 e. The van der Waals surface area contributed by atoms with E-state index in [4.69, 9.17) is 24.7 Å². The Morgan fingerprint density at radius 1 is 0.831 bits per heavy atom. The highest BCUT2D eigenvalue weighted by molar-refractivity contribution is 7.89. The van der Waals surface area contributed by atoms with Crippen molar-refractivity contribution in [3.8, 4) is 17.2 Å². The Hall–Kier alpha value is -5.31. The summed E-state index contributed by atoms with van der Waals surface area (Å²) in [5.41, 5.74) is 9.52. The highest BCUT2D eigenvalue weighted by Crippen LogP contribution is 2.28. The van der Waals surface area contributed by atoms with Gasteiger partial charge in [-0.05, 0) is 110 Å². The van der Waals surface area contributed by atoms with Crippen LogP contribution in [0.2, 0.25) is 0 Å². The first-order valence-electron chi connectivity index (χ1n) is 20.1. The largest absolute Gasteiger partial charge is 0.493 e. The molecule has 320 valence electrons. The van der Waals surface area contributed by atoms with Crippen LogP contribution in [0, 0.1) is 5.92 Å². The van der Waals surface area contributed by atoms with Gasteiger partial charge in [-0.1, -0.05) is 62.4 Å². The van der Waals surface area contributed by atoms with Crippen LogP contribution in [0.25, 0.3) is 0 Å². The number of amides is 2. The number of aliphatic hydroxyl groups excluding tert-OH is 1. The van der Waals surface area contributed by atoms with Gasteiger partial charge in [-0.3, -0.25) is 4.79 Å². The molecule has 1 unspecified atom stereocenters. The zero-order valence-corrected chi connectivity index (χ0v) is 35.4. The van der Waals surface area contributed by atoms with Crippen molar-refractivity contribution in [1.29, 1.82) is 0 Å². The summed E-state index contributed by atoms with van der Waals surface area (Å²) in [5, 5.41) is 15.7. The molecular weight excluding hydrogens is 773 g/mol.